The third kappa shape index (κ3) is 1.58. The highest BCUT2D eigenvalue weighted by atomic mass is 32.1. The molecule has 0 bridgehead atoms. The summed E-state index contributed by atoms with van der Waals surface area (Å²) in [5, 5.41) is 0.307. The van der Waals surface area contributed by atoms with Crippen LogP contribution in [0.5, 0.6) is 0 Å². The fourth-order valence-corrected chi connectivity index (χ4v) is 2.26. The van der Waals surface area contributed by atoms with Crippen molar-refractivity contribution < 1.29 is 4.74 Å². The van der Waals surface area contributed by atoms with Gasteiger partial charge < -0.3 is 4.74 Å². The SMILES string of the molecule is COC1c2cccnc2CCC1S. The van der Waals surface area contributed by atoms with Gasteiger partial charge >= 0.3 is 0 Å². The van der Waals surface area contributed by atoms with Crippen molar-refractivity contribution in [2.24, 2.45) is 0 Å². The first kappa shape index (κ1) is 9.03. The van der Waals surface area contributed by atoms with Crippen LogP contribution >= 0.6 is 12.6 Å². The standard InChI is InChI=1S/C10H13NOS/c1-12-10-7-3-2-6-11-8(7)4-5-9(10)13/h2-3,6,9-10,13H,4-5H2,1H3. The first-order chi connectivity index (χ1) is 6.33. The number of aryl methyl sites for hydroxylation is 1. The molecule has 0 fully saturated rings. The van der Waals surface area contributed by atoms with E-state index >= 15 is 0 Å². The van der Waals surface area contributed by atoms with Gasteiger partial charge in [0.25, 0.3) is 0 Å². The Hall–Kier alpha value is -0.540. The van der Waals surface area contributed by atoms with E-state index in [4.69, 9.17) is 4.74 Å². The molecule has 1 aromatic rings. The van der Waals surface area contributed by atoms with E-state index < -0.39 is 0 Å². The molecule has 0 saturated carbocycles. The van der Waals surface area contributed by atoms with Crippen LogP contribution in [-0.2, 0) is 11.2 Å². The van der Waals surface area contributed by atoms with Crippen LogP contribution in [0.1, 0.15) is 23.8 Å². The fraction of sp³-hybridized carbons (Fsp3) is 0.500. The van der Waals surface area contributed by atoms with Crippen molar-refractivity contribution in [3.8, 4) is 0 Å². The second-order valence-corrected chi connectivity index (χ2v) is 3.96. The summed E-state index contributed by atoms with van der Waals surface area (Å²) in [6, 6.07) is 4.04. The first-order valence-electron chi connectivity index (χ1n) is 4.47. The van der Waals surface area contributed by atoms with Gasteiger partial charge in [-0.25, -0.2) is 0 Å². The zero-order valence-electron chi connectivity index (χ0n) is 7.60. The Bertz CT molecular complexity index is 303. The Morgan fingerprint density at radius 3 is 3.23 bits per heavy atom. The van der Waals surface area contributed by atoms with E-state index in [9.17, 15) is 0 Å². The predicted octanol–water partition coefficient (Wildman–Crippen LogP) is 2.01. The van der Waals surface area contributed by atoms with E-state index in [0.717, 1.165) is 12.8 Å². The molecule has 0 aromatic carbocycles. The molecule has 2 unspecified atom stereocenters. The lowest BCUT2D eigenvalue weighted by Crippen LogP contribution is -2.23. The maximum Gasteiger partial charge on any atom is 0.0954 e. The molecule has 1 aromatic heterocycles. The van der Waals surface area contributed by atoms with Gasteiger partial charge in [0.05, 0.1) is 6.10 Å². The van der Waals surface area contributed by atoms with E-state index in [0.29, 0.717) is 5.25 Å². The second kappa shape index (κ2) is 3.68. The number of pyridine rings is 1. The van der Waals surface area contributed by atoms with Crippen LogP contribution < -0.4 is 0 Å². The summed E-state index contributed by atoms with van der Waals surface area (Å²) in [7, 11) is 1.73. The number of hydrogen-bond donors (Lipinski definition) is 1. The number of rotatable bonds is 1. The highest BCUT2D eigenvalue weighted by Gasteiger charge is 2.27. The van der Waals surface area contributed by atoms with Crippen molar-refractivity contribution in [2.75, 3.05) is 7.11 Å². The Morgan fingerprint density at radius 2 is 2.46 bits per heavy atom. The average molecular weight is 195 g/mol. The topological polar surface area (TPSA) is 22.1 Å². The van der Waals surface area contributed by atoms with E-state index in [1.54, 1.807) is 7.11 Å². The molecule has 0 aliphatic heterocycles. The maximum absolute atomic E-state index is 5.41. The smallest absolute Gasteiger partial charge is 0.0954 e. The summed E-state index contributed by atoms with van der Waals surface area (Å²) >= 11 is 4.51. The van der Waals surface area contributed by atoms with Gasteiger partial charge in [0.2, 0.25) is 0 Å². The van der Waals surface area contributed by atoms with Gasteiger partial charge in [-0.1, -0.05) is 6.07 Å². The normalized spacial score (nSPS) is 26.9. The van der Waals surface area contributed by atoms with Crippen LogP contribution in [0.3, 0.4) is 0 Å². The van der Waals surface area contributed by atoms with E-state index in [-0.39, 0.29) is 6.10 Å². The van der Waals surface area contributed by atoms with E-state index in [2.05, 4.69) is 23.7 Å². The summed E-state index contributed by atoms with van der Waals surface area (Å²) in [6.07, 6.45) is 4.01. The van der Waals surface area contributed by atoms with E-state index in [1.807, 2.05) is 12.3 Å². The minimum absolute atomic E-state index is 0.112. The molecular weight excluding hydrogens is 182 g/mol. The van der Waals surface area contributed by atoms with Crippen LogP contribution in [0.2, 0.25) is 0 Å². The van der Waals surface area contributed by atoms with Crippen molar-refractivity contribution in [1.29, 1.82) is 0 Å². The second-order valence-electron chi connectivity index (χ2n) is 3.30. The first-order valence-corrected chi connectivity index (χ1v) is 4.99. The third-order valence-corrected chi connectivity index (χ3v) is 3.04. The summed E-state index contributed by atoms with van der Waals surface area (Å²) in [5.74, 6) is 0. The fourth-order valence-electron chi connectivity index (χ4n) is 1.85. The summed E-state index contributed by atoms with van der Waals surface area (Å²) in [6.45, 7) is 0. The van der Waals surface area contributed by atoms with Crippen LogP contribution in [0, 0.1) is 0 Å². The highest BCUT2D eigenvalue weighted by Crippen LogP contribution is 2.33. The summed E-state index contributed by atoms with van der Waals surface area (Å²) in [4.78, 5) is 4.34. The van der Waals surface area contributed by atoms with Crippen molar-refractivity contribution in [1.82, 2.24) is 4.98 Å². The molecule has 70 valence electrons. The number of ether oxygens (including phenoxy) is 1. The average Bonchev–Trinajstić information content (AvgIpc) is 2.18. The largest absolute Gasteiger partial charge is 0.376 e. The molecule has 2 rings (SSSR count). The molecule has 2 atom stereocenters. The van der Waals surface area contributed by atoms with Gasteiger partial charge in [0, 0.05) is 29.8 Å². The molecule has 1 aliphatic carbocycles. The number of nitrogens with zero attached hydrogens (tertiary/aromatic N) is 1. The summed E-state index contributed by atoms with van der Waals surface area (Å²) in [5.41, 5.74) is 2.37. The van der Waals surface area contributed by atoms with Crippen LogP contribution in [0.25, 0.3) is 0 Å². The van der Waals surface area contributed by atoms with Crippen molar-refractivity contribution >= 4 is 12.6 Å². The molecule has 0 spiro atoms. The molecule has 1 heterocycles. The lowest BCUT2D eigenvalue weighted by Gasteiger charge is -2.28. The zero-order chi connectivity index (χ0) is 9.26. The Labute approximate surface area is 83.7 Å². The number of methoxy groups -OCH3 is 1. The number of hydrogen-bond acceptors (Lipinski definition) is 3. The third-order valence-electron chi connectivity index (χ3n) is 2.51. The molecule has 13 heavy (non-hydrogen) atoms. The molecule has 0 N–H and O–H groups in total. The lowest BCUT2D eigenvalue weighted by molar-refractivity contribution is 0.0931. The van der Waals surface area contributed by atoms with Gasteiger partial charge in [-0.05, 0) is 18.9 Å². The Balaban J connectivity index is 2.39. The van der Waals surface area contributed by atoms with Crippen molar-refractivity contribution in [3.63, 3.8) is 0 Å². The Kier molecular flexibility index (Phi) is 2.56. The molecule has 0 amide bonds. The van der Waals surface area contributed by atoms with Gasteiger partial charge in [-0.2, -0.15) is 12.6 Å². The van der Waals surface area contributed by atoms with Crippen LogP contribution in [-0.4, -0.2) is 17.3 Å². The molecule has 2 nitrogen and oxygen atoms in total. The maximum atomic E-state index is 5.41. The molecule has 0 radical (unpaired) electrons. The molecular formula is C10H13NOS. The molecule has 1 aliphatic rings. The van der Waals surface area contributed by atoms with Crippen LogP contribution in [0.4, 0.5) is 0 Å². The van der Waals surface area contributed by atoms with Gasteiger partial charge in [-0.3, -0.25) is 4.98 Å². The zero-order valence-corrected chi connectivity index (χ0v) is 8.50. The quantitative estimate of drug-likeness (QED) is 0.692. The molecule has 0 saturated heterocycles. The van der Waals surface area contributed by atoms with E-state index in [1.165, 1.54) is 11.3 Å². The Morgan fingerprint density at radius 1 is 1.62 bits per heavy atom. The van der Waals surface area contributed by atoms with Gasteiger partial charge in [0.1, 0.15) is 0 Å². The minimum atomic E-state index is 0.112. The monoisotopic (exact) mass is 195 g/mol. The van der Waals surface area contributed by atoms with Crippen LogP contribution in [0.15, 0.2) is 18.3 Å². The predicted molar refractivity (Wildman–Crippen MR) is 55.1 cm³/mol. The summed E-state index contributed by atoms with van der Waals surface area (Å²) < 4.78 is 5.41. The van der Waals surface area contributed by atoms with Gasteiger partial charge in [-0.15, -0.1) is 0 Å². The van der Waals surface area contributed by atoms with Gasteiger partial charge in [0.15, 0.2) is 0 Å². The number of aromatic nitrogens is 1. The number of thiol groups is 1. The molecule has 3 heteroatoms. The van der Waals surface area contributed by atoms with Crippen molar-refractivity contribution in [2.45, 2.75) is 24.2 Å². The highest BCUT2D eigenvalue weighted by molar-refractivity contribution is 7.81. The number of fused-ring (bicyclic) bond motifs is 1. The lowest BCUT2D eigenvalue weighted by atomic mass is 9.93. The minimum Gasteiger partial charge on any atom is -0.376 e. The van der Waals surface area contributed by atoms with Crippen molar-refractivity contribution in [3.05, 3.63) is 29.6 Å².